The molecule has 3 heterocycles. The monoisotopic (exact) mass is 260 g/mol. The predicted octanol–water partition coefficient (Wildman–Crippen LogP) is 1.03. The molecule has 2 N–H and O–H groups in total. The second kappa shape index (κ2) is 4.46. The van der Waals surface area contributed by atoms with E-state index in [4.69, 9.17) is 5.73 Å². The molecule has 2 aromatic heterocycles. The molecule has 1 aliphatic rings. The van der Waals surface area contributed by atoms with Crippen molar-refractivity contribution in [2.75, 3.05) is 11.4 Å². The number of anilines is 1. The van der Waals surface area contributed by atoms with Crippen LogP contribution in [0.2, 0.25) is 0 Å². The molecule has 1 fully saturated rings. The highest BCUT2D eigenvalue weighted by atomic mass is 19.1. The molecule has 2 aromatic rings. The Morgan fingerprint density at radius 3 is 3.05 bits per heavy atom. The quantitative estimate of drug-likeness (QED) is 0.875. The minimum Gasteiger partial charge on any atom is -0.368 e. The molecule has 1 amide bonds. The van der Waals surface area contributed by atoms with Crippen LogP contribution in [0.4, 0.5) is 10.1 Å². The zero-order valence-electron chi connectivity index (χ0n) is 10.2. The van der Waals surface area contributed by atoms with Gasteiger partial charge in [0.25, 0.3) is 0 Å². The summed E-state index contributed by atoms with van der Waals surface area (Å²) in [4.78, 5) is 21.4. The van der Waals surface area contributed by atoms with Crippen molar-refractivity contribution >= 4 is 22.5 Å². The average Bonchev–Trinajstić information content (AvgIpc) is 2.80. The van der Waals surface area contributed by atoms with Gasteiger partial charge in [-0.3, -0.25) is 14.8 Å². The average molecular weight is 260 g/mol. The molecule has 1 aliphatic heterocycles. The zero-order valence-corrected chi connectivity index (χ0v) is 10.2. The summed E-state index contributed by atoms with van der Waals surface area (Å²) in [5.74, 6) is -0.506. The van der Waals surface area contributed by atoms with Crippen molar-refractivity contribution in [3.05, 3.63) is 30.7 Å². The van der Waals surface area contributed by atoms with Crippen LogP contribution >= 0.6 is 0 Å². The summed E-state index contributed by atoms with van der Waals surface area (Å²) >= 11 is 0. The minimum absolute atomic E-state index is 0.138. The summed E-state index contributed by atoms with van der Waals surface area (Å²) in [5.41, 5.74) is 6.87. The number of primary amides is 1. The number of amides is 1. The molecule has 0 spiro atoms. The van der Waals surface area contributed by atoms with Crippen molar-refractivity contribution < 1.29 is 9.18 Å². The van der Waals surface area contributed by atoms with E-state index >= 15 is 0 Å². The smallest absolute Gasteiger partial charge is 0.240 e. The largest absolute Gasteiger partial charge is 0.368 e. The fraction of sp³-hybridized carbons (Fsp3) is 0.308. The molecule has 0 aromatic carbocycles. The predicted molar refractivity (Wildman–Crippen MR) is 69.4 cm³/mol. The van der Waals surface area contributed by atoms with Crippen LogP contribution in [0.5, 0.6) is 0 Å². The lowest BCUT2D eigenvalue weighted by atomic mass is 10.1. The van der Waals surface area contributed by atoms with Gasteiger partial charge in [-0.1, -0.05) is 0 Å². The Bertz CT molecular complexity index is 628. The van der Waals surface area contributed by atoms with Crippen LogP contribution in [-0.4, -0.2) is 34.6 Å². The first-order chi connectivity index (χ1) is 9.16. The van der Waals surface area contributed by atoms with E-state index in [0.29, 0.717) is 0 Å². The minimum atomic E-state index is -1.04. The molecule has 0 saturated carbocycles. The molecule has 2 atom stereocenters. The SMILES string of the molecule is NC(=O)[C@@H]1C[C@@H](F)CN1c1ccnc2ccncc12. The van der Waals surface area contributed by atoms with Gasteiger partial charge < -0.3 is 10.6 Å². The maximum atomic E-state index is 13.6. The molecule has 3 rings (SSSR count). The fourth-order valence-corrected chi connectivity index (χ4v) is 2.55. The van der Waals surface area contributed by atoms with E-state index < -0.39 is 18.1 Å². The third kappa shape index (κ3) is 1.99. The summed E-state index contributed by atoms with van der Waals surface area (Å²) in [7, 11) is 0. The van der Waals surface area contributed by atoms with Crippen molar-refractivity contribution in [3.63, 3.8) is 0 Å². The molecule has 98 valence electrons. The van der Waals surface area contributed by atoms with Gasteiger partial charge >= 0.3 is 0 Å². The first kappa shape index (κ1) is 11.8. The Balaban J connectivity index is 2.11. The highest BCUT2D eigenvalue weighted by molar-refractivity contribution is 5.94. The first-order valence-electron chi connectivity index (χ1n) is 6.05. The maximum Gasteiger partial charge on any atom is 0.240 e. The third-order valence-electron chi connectivity index (χ3n) is 3.41. The van der Waals surface area contributed by atoms with Crippen LogP contribution in [0.25, 0.3) is 10.9 Å². The lowest BCUT2D eigenvalue weighted by molar-refractivity contribution is -0.119. The Hall–Kier alpha value is -2.24. The summed E-state index contributed by atoms with van der Waals surface area (Å²) in [5, 5.41) is 0.797. The summed E-state index contributed by atoms with van der Waals surface area (Å²) < 4.78 is 13.6. The van der Waals surface area contributed by atoms with E-state index in [1.807, 2.05) is 0 Å². The maximum absolute atomic E-state index is 13.6. The zero-order chi connectivity index (χ0) is 13.4. The Labute approximate surface area is 109 Å². The molecule has 0 unspecified atom stereocenters. The van der Waals surface area contributed by atoms with Crippen molar-refractivity contribution in [2.24, 2.45) is 5.73 Å². The van der Waals surface area contributed by atoms with E-state index in [0.717, 1.165) is 16.6 Å². The number of fused-ring (bicyclic) bond motifs is 1. The van der Waals surface area contributed by atoms with Crippen molar-refractivity contribution in [1.82, 2.24) is 9.97 Å². The number of alkyl halides is 1. The highest BCUT2D eigenvalue weighted by Crippen LogP contribution is 2.31. The number of hydrogen-bond acceptors (Lipinski definition) is 4. The fourth-order valence-electron chi connectivity index (χ4n) is 2.55. The van der Waals surface area contributed by atoms with Gasteiger partial charge in [-0.05, 0) is 12.1 Å². The van der Waals surface area contributed by atoms with E-state index in [-0.39, 0.29) is 13.0 Å². The lowest BCUT2D eigenvalue weighted by Gasteiger charge is -2.25. The van der Waals surface area contributed by atoms with Gasteiger partial charge in [0.1, 0.15) is 12.2 Å². The standard InChI is InChI=1S/C13H13FN4O/c14-8-5-12(13(15)19)18(7-8)11-2-4-17-10-1-3-16-6-9(10)11/h1-4,6,8,12H,5,7H2,(H2,15,19)/t8-,12+/m1/s1. The number of rotatable bonds is 2. The van der Waals surface area contributed by atoms with Crippen LogP contribution in [0.15, 0.2) is 30.7 Å². The van der Waals surface area contributed by atoms with Gasteiger partial charge in [-0.2, -0.15) is 0 Å². The van der Waals surface area contributed by atoms with E-state index in [1.165, 1.54) is 0 Å². The van der Waals surface area contributed by atoms with Crippen molar-refractivity contribution in [3.8, 4) is 0 Å². The molecule has 5 nitrogen and oxygen atoms in total. The molecule has 1 saturated heterocycles. The topological polar surface area (TPSA) is 72.1 Å². The van der Waals surface area contributed by atoms with E-state index in [1.54, 1.807) is 35.6 Å². The normalized spacial score (nSPS) is 22.9. The molecule has 0 radical (unpaired) electrons. The van der Waals surface area contributed by atoms with Gasteiger partial charge in [0, 0.05) is 30.4 Å². The second-order valence-corrected chi connectivity index (χ2v) is 4.63. The molecule has 0 aliphatic carbocycles. The third-order valence-corrected chi connectivity index (χ3v) is 3.41. The number of halogens is 1. The first-order valence-corrected chi connectivity index (χ1v) is 6.05. The number of carbonyl (C=O) groups is 1. The summed E-state index contributed by atoms with van der Waals surface area (Å²) in [6, 6.07) is 2.93. The van der Waals surface area contributed by atoms with E-state index in [9.17, 15) is 9.18 Å². The molecular weight excluding hydrogens is 247 g/mol. The number of hydrogen-bond donors (Lipinski definition) is 1. The number of nitrogens with zero attached hydrogens (tertiary/aromatic N) is 3. The van der Waals surface area contributed by atoms with Crippen LogP contribution in [0.3, 0.4) is 0 Å². The van der Waals surface area contributed by atoms with Gasteiger partial charge in [-0.15, -0.1) is 0 Å². The molecule has 0 bridgehead atoms. The van der Waals surface area contributed by atoms with E-state index in [2.05, 4.69) is 9.97 Å². The number of carbonyl (C=O) groups excluding carboxylic acids is 1. The van der Waals surface area contributed by atoms with Gasteiger partial charge in [0.2, 0.25) is 5.91 Å². The van der Waals surface area contributed by atoms with Gasteiger partial charge in [-0.25, -0.2) is 4.39 Å². The summed E-state index contributed by atoms with van der Waals surface area (Å²) in [6.07, 6.45) is 4.05. The van der Waals surface area contributed by atoms with Crippen LogP contribution in [0, 0.1) is 0 Å². The Kier molecular flexibility index (Phi) is 2.77. The number of pyridine rings is 2. The van der Waals surface area contributed by atoms with Crippen molar-refractivity contribution in [2.45, 2.75) is 18.6 Å². The molecule has 19 heavy (non-hydrogen) atoms. The highest BCUT2D eigenvalue weighted by Gasteiger charge is 2.36. The molecular formula is C13H13FN4O. The molecule has 6 heteroatoms. The lowest BCUT2D eigenvalue weighted by Crippen LogP contribution is -2.40. The van der Waals surface area contributed by atoms with Crippen LogP contribution in [0.1, 0.15) is 6.42 Å². The second-order valence-electron chi connectivity index (χ2n) is 4.63. The van der Waals surface area contributed by atoms with Crippen molar-refractivity contribution in [1.29, 1.82) is 0 Å². The van der Waals surface area contributed by atoms with Gasteiger partial charge in [0.05, 0.1) is 17.7 Å². The van der Waals surface area contributed by atoms with Gasteiger partial charge in [0.15, 0.2) is 0 Å². The Morgan fingerprint density at radius 2 is 2.26 bits per heavy atom. The van der Waals surface area contributed by atoms with Crippen LogP contribution < -0.4 is 10.6 Å². The number of aromatic nitrogens is 2. The van der Waals surface area contributed by atoms with Crippen LogP contribution in [-0.2, 0) is 4.79 Å². The number of nitrogens with two attached hydrogens (primary N) is 1. The summed E-state index contributed by atoms with van der Waals surface area (Å²) in [6.45, 7) is 0.168. The Morgan fingerprint density at radius 1 is 1.42 bits per heavy atom.